The van der Waals surface area contributed by atoms with E-state index < -0.39 is 0 Å². The van der Waals surface area contributed by atoms with Crippen LogP contribution in [0.5, 0.6) is 11.5 Å². The van der Waals surface area contributed by atoms with Gasteiger partial charge in [0.15, 0.2) is 0 Å². The van der Waals surface area contributed by atoms with Gasteiger partial charge >= 0.3 is 0 Å². The molecule has 4 nitrogen and oxygen atoms in total. The topological polar surface area (TPSA) is 70.5 Å². The molecule has 4 N–H and O–H groups in total. The zero-order chi connectivity index (χ0) is 14.5. The fourth-order valence-corrected chi connectivity index (χ4v) is 1.77. The first-order chi connectivity index (χ1) is 9.60. The molecule has 2 aromatic rings. The summed E-state index contributed by atoms with van der Waals surface area (Å²) in [5.74, 6) is 7.43. The lowest BCUT2D eigenvalue weighted by atomic mass is 10.1. The van der Waals surface area contributed by atoms with Crippen LogP contribution in [0.4, 0.5) is 11.4 Å². The van der Waals surface area contributed by atoms with E-state index in [0.29, 0.717) is 22.9 Å². The van der Waals surface area contributed by atoms with Crippen molar-refractivity contribution in [3.63, 3.8) is 0 Å². The molecule has 0 heterocycles. The Kier molecular flexibility index (Phi) is 4.02. The van der Waals surface area contributed by atoms with Gasteiger partial charge in [-0.3, -0.25) is 0 Å². The monoisotopic (exact) mass is 268 g/mol. The molecule has 4 heteroatoms. The number of methoxy groups -OCH3 is 2. The van der Waals surface area contributed by atoms with Crippen molar-refractivity contribution in [2.45, 2.75) is 0 Å². The highest BCUT2D eigenvalue weighted by atomic mass is 16.5. The SMILES string of the molecule is COc1cc(N)cc(C#Cc2cc(N)cc(OC)c2)c1. The van der Waals surface area contributed by atoms with Crippen molar-refractivity contribution >= 4 is 11.4 Å². The molecule has 0 radical (unpaired) electrons. The molecule has 0 saturated heterocycles. The van der Waals surface area contributed by atoms with Gasteiger partial charge in [-0.15, -0.1) is 0 Å². The van der Waals surface area contributed by atoms with E-state index >= 15 is 0 Å². The Balaban J connectivity index is 2.35. The fraction of sp³-hybridized carbons (Fsp3) is 0.125. The van der Waals surface area contributed by atoms with Crippen molar-refractivity contribution in [3.8, 4) is 23.3 Å². The zero-order valence-corrected chi connectivity index (χ0v) is 11.4. The third-order valence-electron chi connectivity index (χ3n) is 2.68. The second-order valence-corrected chi connectivity index (χ2v) is 4.24. The van der Waals surface area contributed by atoms with Crippen molar-refractivity contribution < 1.29 is 9.47 Å². The Morgan fingerprint density at radius 3 is 1.45 bits per heavy atom. The van der Waals surface area contributed by atoms with E-state index in [1.54, 1.807) is 38.5 Å². The summed E-state index contributed by atoms with van der Waals surface area (Å²) in [5, 5.41) is 0. The lowest BCUT2D eigenvalue weighted by molar-refractivity contribution is 0.415. The average molecular weight is 268 g/mol. The van der Waals surface area contributed by atoms with E-state index in [1.165, 1.54) is 0 Å². The second-order valence-electron chi connectivity index (χ2n) is 4.24. The number of anilines is 2. The van der Waals surface area contributed by atoms with Crippen molar-refractivity contribution in [1.29, 1.82) is 0 Å². The highest BCUT2D eigenvalue weighted by Gasteiger charge is 1.98. The number of hydrogen-bond donors (Lipinski definition) is 2. The summed E-state index contributed by atoms with van der Waals surface area (Å²) in [6, 6.07) is 10.7. The van der Waals surface area contributed by atoms with Crippen molar-refractivity contribution in [1.82, 2.24) is 0 Å². The van der Waals surface area contributed by atoms with Crippen LogP contribution in [-0.4, -0.2) is 14.2 Å². The molecule has 102 valence electrons. The lowest BCUT2D eigenvalue weighted by Gasteiger charge is -2.03. The molecule has 0 aliphatic heterocycles. The Morgan fingerprint density at radius 1 is 0.700 bits per heavy atom. The van der Waals surface area contributed by atoms with Gasteiger partial charge in [0.25, 0.3) is 0 Å². The minimum absolute atomic E-state index is 0.610. The molecule has 0 saturated carbocycles. The molecule has 0 aliphatic rings. The molecule has 2 rings (SSSR count). The van der Waals surface area contributed by atoms with E-state index in [0.717, 1.165) is 11.1 Å². The largest absolute Gasteiger partial charge is 0.497 e. The van der Waals surface area contributed by atoms with E-state index in [2.05, 4.69) is 11.8 Å². The molecule has 0 aliphatic carbocycles. The number of nitrogens with two attached hydrogens (primary N) is 2. The smallest absolute Gasteiger partial charge is 0.122 e. The van der Waals surface area contributed by atoms with Crippen molar-refractivity contribution in [2.75, 3.05) is 25.7 Å². The van der Waals surface area contributed by atoms with Crippen LogP contribution >= 0.6 is 0 Å². The van der Waals surface area contributed by atoms with Gasteiger partial charge in [-0.1, -0.05) is 11.8 Å². The van der Waals surface area contributed by atoms with Crippen LogP contribution in [0, 0.1) is 11.8 Å². The Hall–Kier alpha value is -2.80. The maximum absolute atomic E-state index is 5.79. The summed E-state index contributed by atoms with van der Waals surface area (Å²) >= 11 is 0. The standard InChI is InChI=1S/C16H16N2O2/c1-19-15-7-11(5-13(17)9-15)3-4-12-6-14(18)10-16(8-12)20-2/h5-10H,17-18H2,1-2H3. The van der Waals surface area contributed by atoms with Crippen LogP contribution in [-0.2, 0) is 0 Å². The number of benzene rings is 2. The first-order valence-corrected chi connectivity index (χ1v) is 6.02. The van der Waals surface area contributed by atoms with E-state index in [-0.39, 0.29) is 0 Å². The highest BCUT2D eigenvalue weighted by Crippen LogP contribution is 2.19. The summed E-state index contributed by atoms with van der Waals surface area (Å²) in [6.07, 6.45) is 0. The third-order valence-corrected chi connectivity index (χ3v) is 2.68. The van der Waals surface area contributed by atoms with Gasteiger partial charge in [0, 0.05) is 34.6 Å². The Bertz CT molecular complexity index is 627. The first-order valence-electron chi connectivity index (χ1n) is 6.02. The van der Waals surface area contributed by atoms with E-state index in [1.807, 2.05) is 12.1 Å². The van der Waals surface area contributed by atoms with Crippen LogP contribution in [0.2, 0.25) is 0 Å². The molecule has 0 amide bonds. The van der Waals surface area contributed by atoms with Gasteiger partial charge < -0.3 is 20.9 Å². The average Bonchev–Trinajstić information content (AvgIpc) is 2.44. The normalized spacial score (nSPS) is 9.50. The van der Waals surface area contributed by atoms with Gasteiger partial charge in [0.1, 0.15) is 11.5 Å². The summed E-state index contributed by atoms with van der Waals surface area (Å²) < 4.78 is 10.3. The van der Waals surface area contributed by atoms with Crippen molar-refractivity contribution in [3.05, 3.63) is 47.5 Å². The molecule has 0 fully saturated rings. The Morgan fingerprint density at radius 2 is 1.10 bits per heavy atom. The molecule has 0 bridgehead atoms. The molecule has 20 heavy (non-hydrogen) atoms. The van der Waals surface area contributed by atoms with Gasteiger partial charge in [0.05, 0.1) is 14.2 Å². The van der Waals surface area contributed by atoms with Crippen molar-refractivity contribution in [2.24, 2.45) is 0 Å². The zero-order valence-electron chi connectivity index (χ0n) is 11.4. The fourth-order valence-electron chi connectivity index (χ4n) is 1.77. The second kappa shape index (κ2) is 5.89. The summed E-state index contributed by atoms with van der Waals surface area (Å²) in [4.78, 5) is 0. The molecular formula is C16H16N2O2. The van der Waals surface area contributed by atoms with Crippen LogP contribution < -0.4 is 20.9 Å². The number of nitrogen functional groups attached to an aromatic ring is 2. The molecule has 0 atom stereocenters. The summed E-state index contributed by atoms with van der Waals surface area (Å²) in [7, 11) is 3.18. The van der Waals surface area contributed by atoms with E-state index in [9.17, 15) is 0 Å². The van der Waals surface area contributed by atoms with Gasteiger partial charge in [0.2, 0.25) is 0 Å². The number of rotatable bonds is 2. The first kappa shape index (κ1) is 13.6. The third kappa shape index (κ3) is 3.36. The predicted molar refractivity (Wildman–Crippen MR) is 80.8 cm³/mol. The van der Waals surface area contributed by atoms with E-state index in [4.69, 9.17) is 20.9 Å². The summed E-state index contributed by atoms with van der Waals surface area (Å²) in [5.41, 5.74) is 14.4. The Labute approximate surface area is 118 Å². The number of hydrogen-bond acceptors (Lipinski definition) is 4. The minimum Gasteiger partial charge on any atom is -0.497 e. The summed E-state index contributed by atoms with van der Waals surface area (Å²) in [6.45, 7) is 0. The van der Waals surface area contributed by atoms with Crippen LogP contribution in [0.25, 0.3) is 0 Å². The predicted octanol–water partition coefficient (Wildman–Crippen LogP) is 2.27. The van der Waals surface area contributed by atoms with Crippen LogP contribution in [0.1, 0.15) is 11.1 Å². The van der Waals surface area contributed by atoms with Gasteiger partial charge in [-0.2, -0.15) is 0 Å². The number of ether oxygens (including phenoxy) is 2. The molecule has 2 aromatic carbocycles. The molecule has 0 unspecified atom stereocenters. The van der Waals surface area contributed by atoms with Gasteiger partial charge in [-0.05, 0) is 24.3 Å². The molecule has 0 spiro atoms. The molecule has 0 aromatic heterocycles. The highest BCUT2D eigenvalue weighted by molar-refractivity contribution is 5.57. The van der Waals surface area contributed by atoms with Crippen LogP contribution in [0.15, 0.2) is 36.4 Å². The quantitative estimate of drug-likeness (QED) is 0.647. The minimum atomic E-state index is 0.610. The van der Waals surface area contributed by atoms with Gasteiger partial charge in [-0.25, -0.2) is 0 Å². The maximum atomic E-state index is 5.79. The lowest BCUT2D eigenvalue weighted by Crippen LogP contribution is -1.91. The maximum Gasteiger partial charge on any atom is 0.122 e. The van der Waals surface area contributed by atoms with Crippen LogP contribution in [0.3, 0.4) is 0 Å². The molecular weight excluding hydrogens is 252 g/mol.